The summed E-state index contributed by atoms with van der Waals surface area (Å²) >= 11 is 1.59. The lowest BCUT2D eigenvalue weighted by Gasteiger charge is -2.32. The van der Waals surface area contributed by atoms with Gasteiger partial charge in [0.2, 0.25) is 0 Å². The van der Waals surface area contributed by atoms with Gasteiger partial charge in [0.25, 0.3) is 0 Å². The molecule has 1 aromatic heterocycles. The largest absolute Gasteiger partial charge is 0.296 e. The minimum absolute atomic E-state index is 0.569. The molecule has 15 heavy (non-hydrogen) atoms. The highest BCUT2D eigenvalue weighted by molar-refractivity contribution is 7.09. The maximum Gasteiger partial charge on any atom is 0.169 e. The first-order chi connectivity index (χ1) is 7.29. The minimum atomic E-state index is 0.569. The zero-order chi connectivity index (χ0) is 10.7. The average molecular weight is 224 g/mol. The number of carbonyl (C=O) groups excluding carboxylic acids is 1. The number of aldehydes is 1. The molecule has 82 valence electrons. The SMILES string of the molecule is CC1CCCCN1Cc1nc(C=O)cs1. The molecule has 3 nitrogen and oxygen atoms in total. The van der Waals surface area contributed by atoms with E-state index in [9.17, 15) is 4.79 Å². The van der Waals surface area contributed by atoms with Crippen molar-refractivity contribution in [1.29, 1.82) is 0 Å². The van der Waals surface area contributed by atoms with E-state index < -0.39 is 0 Å². The molecule has 2 rings (SSSR count). The number of piperidine rings is 1. The van der Waals surface area contributed by atoms with E-state index in [1.807, 2.05) is 5.38 Å². The zero-order valence-electron chi connectivity index (χ0n) is 8.98. The van der Waals surface area contributed by atoms with Gasteiger partial charge >= 0.3 is 0 Å². The Morgan fingerprint density at radius 1 is 1.67 bits per heavy atom. The molecular formula is C11H16N2OS. The van der Waals surface area contributed by atoms with Crippen LogP contribution in [0.3, 0.4) is 0 Å². The number of aromatic nitrogens is 1. The van der Waals surface area contributed by atoms with Crippen LogP contribution in [0.2, 0.25) is 0 Å². The highest BCUT2D eigenvalue weighted by Gasteiger charge is 2.19. The van der Waals surface area contributed by atoms with Crippen molar-refractivity contribution >= 4 is 17.6 Å². The number of hydrogen-bond donors (Lipinski definition) is 0. The molecule has 0 saturated carbocycles. The summed E-state index contributed by atoms with van der Waals surface area (Å²) in [5.41, 5.74) is 0.569. The number of thiazole rings is 1. The molecule has 0 bridgehead atoms. The van der Waals surface area contributed by atoms with Crippen LogP contribution in [0.15, 0.2) is 5.38 Å². The Hall–Kier alpha value is -0.740. The van der Waals surface area contributed by atoms with Crippen LogP contribution in [0.25, 0.3) is 0 Å². The average Bonchev–Trinajstić information content (AvgIpc) is 2.69. The van der Waals surface area contributed by atoms with Crippen molar-refractivity contribution in [2.45, 2.75) is 38.8 Å². The molecule has 1 aliphatic heterocycles. The molecule has 0 amide bonds. The van der Waals surface area contributed by atoms with Gasteiger partial charge in [-0.25, -0.2) is 4.98 Å². The number of rotatable bonds is 3. The summed E-state index contributed by atoms with van der Waals surface area (Å²) in [6.07, 6.45) is 4.73. The topological polar surface area (TPSA) is 33.2 Å². The highest BCUT2D eigenvalue weighted by Crippen LogP contribution is 2.20. The molecular weight excluding hydrogens is 208 g/mol. The van der Waals surface area contributed by atoms with Gasteiger partial charge in [0.05, 0.1) is 6.54 Å². The fourth-order valence-electron chi connectivity index (χ4n) is 2.02. The van der Waals surface area contributed by atoms with Crippen LogP contribution in [-0.2, 0) is 6.54 Å². The maximum absolute atomic E-state index is 10.5. The van der Waals surface area contributed by atoms with E-state index in [2.05, 4.69) is 16.8 Å². The van der Waals surface area contributed by atoms with E-state index >= 15 is 0 Å². The second-order valence-electron chi connectivity index (χ2n) is 4.10. The summed E-state index contributed by atoms with van der Waals surface area (Å²) in [6.45, 7) is 4.34. The summed E-state index contributed by atoms with van der Waals surface area (Å²) in [4.78, 5) is 17.2. The van der Waals surface area contributed by atoms with E-state index in [4.69, 9.17) is 0 Å². The van der Waals surface area contributed by atoms with E-state index in [0.29, 0.717) is 11.7 Å². The van der Waals surface area contributed by atoms with E-state index in [1.54, 1.807) is 11.3 Å². The van der Waals surface area contributed by atoms with E-state index in [0.717, 1.165) is 24.4 Å². The third-order valence-electron chi connectivity index (χ3n) is 2.97. The molecule has 1 unspecified atom stereocenters. The summed E-state index contributed by atoms with van der Waals surface area (Å²) in [5, 5.41) is 2.89. The minimum Gasteiger partial charge on any atom is -0.296 e. The van der Waals surface area contributed by atoms with E-state index in [1.165, 1.54) is 19.3 Å². The Morgan fingerprint density at radius 3 is 3.20 bits per heavy atom. The van der Waals surface area contributed by atoms with Crippen LogP contribution in [0.5, 0.6) is 0 Å². The summed E-state index contributed by atoms with van der Waals surface area (Å²) in [6, 6.07) is 0.655. The van der Waals surface area contributed by atoms with Crippen molar-refractivity contribution < 1.29 is 4.79 Å². The van der Waals surface area contributed by atoms with Gasteiger partial charge in [0.15, 0.2) is 6.29 Å². The van der Waals surface area contributed by atoms with Crippen LogP contribution in [0.4, 0.5) is 0 Å². The fraction of sp³-hybridized carbons (Fsp3) is 0.636. The second-order valence-corrected chi connectivity index (χ2v) is 5.04. The van der Waals surface area contributed by atoms with Crippen LogP contribution in [0, 0.1) is 0 Å². The third-order valence-corrected chi connectivity index (χ3v) is 3.82. The van der Waals surface area contributed by atoms with Crippen LogP contribution < -0.4 is 0 Å². The molecule has 1 atom stereocenters. The lowest BCUT2D eigenvalue weighted by Crippen LogP contribution is -2.36. The smallest absolute Gasteiger partial charge is 0.169 e. The van der Waals surface area contributed by atoms with Crippen molar-refractivity contribution in [2.24, 2.45) is 0 Å². The van der Waals surface area contributed by atoms with Gasteiger partial charge in [-0.3, -0.25) is 9.69 Å². The van der Waals surface area contributed by atoms with Gasteiger partial charge in [0.1, 0.15) is 10.7 Å². The molecule has 0 N–H and O–H groups in total. The molecule has 0 spiro atoms. The Balaban J connectivity index is 1.97. The lowest BCUT2D eigenvalue weighted by molar-refractivity contribution is 0.111. The monoisotopic (exact) mass is 224 g/mol. The predicted octanol–water partition coefficient (Wildman–Crippen LogP) is 2.33. The quantitative estimate of drug-likeness (QED) is 0.739. The van der Waals surface area contributed by atoms with Crippen molar-refractivity contribution in [2.75, 3.05) is 6.54 Å². The van der Waals surface area contributed by atoms with Crippen LogP contribution >= 0.6 is 11.3 Å². The van der Waals surface area contributed by atoms with E-state index in [-0.39, 0.29) is 0 Å². The fourth-order valence-corrected chi connectivity index (χ4v) is 2.78. The predicted molar refractivity (Wildman–Crippen MR) is 61.2 cm³/mol. The van der Waals surface area contributed by atoms with Crippen molar-refractivity contribution in [3.63, 3.8) is 0 Å². The first-order valence-electron chi connectivity index (χ1n) is 5.43. The standard InChI is InChI=1S/C11H16N2OS/c1-9-4-2-3-5-13(9)6-11-12-10(7-14)8-15-11/h7-9H,2-6H2,1H3. The summed E-state index contributed by atoms with van der Waals surface area (Å²) < 4.78 is 0. The Labute approximate surface area is 94.1 Å². The molecule has 2 heterocycles. The summed E-state index contributed by atoms with van der Waals surface area (Å²) in [7, 11) is 0. The molecule has 4 heteroatoms. The molecule has 1 aromatic rings. The lowest BCUT2D eigenvalue weighted by atomic mass is 10.0. The van der Waals surface area contributed by atoms with Gasteiger partial charge < -0.3 is 0 Å². The number of carbonyl (C=O) groups is 1. The number of nitrogens with zero attached hydrogens (tertiary/aromatic N) is 2. The first kappa shape index (κ1) is 10.8. The first-order valence-corrected chi connectivity index (χ1v) is 6.31. The Kier molecular flexibility index (Phi) is 3.49. The molecule has 0 aromatic carbocycles. The summed E-state index contributed by atoms with van der Waals surface area (Å²) in [5.74, 6) is 0. The molecule has 1 saturated heterocycles. The third kappa shape index (κ3) is 2.63. The van der Waals surface area contributed by atoms with Gasteiger partial charge in [-0.2, -0.15) is 0 Å². The molecule has 0 radical (unpaired) electrons. The van der Waals surface area contributed by atoms with Crippen LogP contribution in [-0.4, -0.2) is 28.8 Å². The van der Waals surface area contributed by atoms with Crippen molar-refractivity contribution in [3.05, 3.63) is 16.1 Å². The highest BCUT2D eigenvalue weighted by atomic mass is 32.1. The maximum atomic E-state index is 10.5. The molecule has 0 aliphatic carbocycles. The Bertz CT molecular complexity index is 337. The number of hydrogen-bond acceptors (Lipinski definition) is 4. The van der Waals surface area contributed by atoms with Crippen molar-refractivity contribution in [3.8, 4) is 0 Å². The van der Waals surface area contributed by atoms with Gasteiger partial charge in [-0.05, 0) is 26.3 Å². The van der Waals surface area contributed by atoms with Crippen molar-refractivity contribution in [1.82, 2.24) is 9.88 Å². The second kappa shape index (κ2) is 4.86. The van der Waals surface area contributed by atoms with Crippen LogP contribution in [0.1, 0.15) is 41.7 Å². The van der Waals surface area contributed by atoms with Gasteiger partial charge in [0, 0.05) is 11.4 Å². The van der Waals surface area contributed by atoms with Gasteiger partial charge in [-0.1, -0.05) is 6.42 Å². The normalized spacial score (nSPS) is 22.9. The number of likely N-dealkylation sites (tertiary alicyclic amines) is 1. The Morgan fingerprint density at radius 2 is 2.53 bits per heavy atom. The molecule has 1 fully saturated rings. The van der Waals surface area contributed by atoms with Gasteiger partial charge in [-0.15, -0.1) is 11.3 Å². The zero-order valence-corrected chi connectivity index (χ0v) is 9.80. The molecule has 1 aliphatic rings.